The van der Waals surface area contributed by atoms with Crippen molar-refractivity contribution in [3.63, 3.8) is 0 Å². The molecular formula is C19H12F2N2O2S. The smallest absolute Gasteiger partial charge is 0.290 e. The average molecular weight is 370 g/mol. The Morgan fingerprint density at radius 3 is 2.73 bits per heavy atom. The Morgan fingerprint density at radius 1 is 1.12 bits per heavy atom. The molecule has 0 spiro atoms. The van der Waals surface area contributed by atoms with E-state index in [0.29, 0.717) is 4.91 Å². The third-order valence-corrected chi connectivity index (χ3v) is 4.94. The number of rotatable bonds is 3. The summed E-state index contributed by atoms with van der Waals surface area (Å²) in [5, 5.41) is 2.67. The maximum atomic E-state index is 13.9. The second kappa shape index (κ2) is 6.42. The molecule has 130 valence electrons. The van der Waals surface area contributed by atoms with E-state index in [1.807, 2.05) is 28.8 Å². The van der Waals surface area contributed by atoms with Crippen molar-refractivity contribution in [3.8, 4) is 0 Å². The molecule has 0 unspecified atom stereocenters. The lowest BCUT2D eigenvalue weighted by Gasteiger charge is -2.08. The number of hydrogen-bond donors (Lipinski definition) is 1. The van der Waals surface area contributed by atoms with Crippen LogP contribution in [0, 0.1) is 11.6 Å². The quantitative estimate of drug-likeness (QED) is 0.700. The van der Waals surface area contributed by atoms with E-state index < -0.39 is 22.8 Å². The fourth-order valence-electron chi connectivity index (χ4n) is 2.92. The van der Waals surface area contributed by atoms with E-state index in [1.54, 1.807) is 12.3 Å². The average Bonchev–Trinajstić information content (AvgIpc) is 3.15. The molecule has 1 fully saturated rings. The normalized spacial score (nSPS) is 15.8. The molecule has 4 rings (SSSR count). The van der Waals surface area contributed by atoms with Crippen LogP contribution in [0.1, 0.15) is 11.1 Å². The van der Waals surface area contributed by atoms with Crippen molar-refractivity contribution in [2.24, 2.45) is 0 Å². The van der Waals surface area contributed by atoms with Gasteiger partial charge in [-0.2, -0.15) is 0 Å². The first-order valence-electron chi connectivity index (χ1n) is 7.78. The van der Waals surface area contributed by atoms with E-state index >= 15 is 0 Å². The number of imide groups is 1. The number of carbonyl (C=O) groups is 2. The molecule has 0 bridgehead atoms. The summed E-state index contributed by atoms with van der Waals surface area (Å²) in [4.78, 5) is 23.4. The van der Waals surface area contributed by atoms with Crippen LogP contribution < -0.4 is 5.32 Å². The van der Waals surface area contributed by atoms with E-state index in [2.05, 4.69) is 5.32 Å². The fraction of sp³-hybridized carbons (Fsp3) is 0.0526. The van der Waals surface area contributed by atoms with Crippen LogP contribution in [0.3, 0.4) is 0 Å². The van der Waals surface area contributed by atoms with Crippen LogP contribution in [0.2, 0.25) is 0 Å². The van der Waals surface area contributed by atoms with Crippen molar-refractivity contribution in [3.05, 3.63) is 76.3 Å². The summed E-state index contributed by atoms with van der Waals surface area (Å²) in [5.41, 5.74) is 1.84. The molecule has 0 radical (unpaired) electrons. The zero-order valence-corrected chi connectivity index (χ0v) is 14.1. The van der Waals surface area contributed by atoms with Gasteiger partial charge in [0.05, 0.1) is 11.4 Å². The molecular weight excluding hydrogens is 358 g/mol. The van der Waals surface area contributed by atoms with Crippen molar-refractivity contribution in [1.29, 1.82) is 0 Å². The summed E-state index contributed by atoms with van der Waals surface area (Å²) in [6.07, 6.45) is 3.43. The monoisotopic (exact) mass is 370 g/mol. The molecule has 2 amide bonds. The van der Waals surface area contributed by atoms with Gasteiger partial charge >= 0.3 is 0 Å². The maximum Gasteiger partial charge on any atom is 0.290 e. The third-order valence-electron chi connectivity index (χ3n) is 4.12. The lowest BCUT2D eigenvalue weighted by Crippen LogP contribution is -2.17. The highest BCUT2D eigenvalue weighted by Gasteiger charge is 2.25. The largest absolute Gasteiger partial charge is 0.343 e. The van der Waals surface area contributed by atoms with Crippen LogP contribution in [0.15, 0.2) is 53.6 Å². The Bertz CT molecular complexity index is 1090. The minimum Gasteiger partial charge on any atom is -0.343 e. The summed E-state index contributed by atoms with van der Waals surface area (Å²) < 4.78 is 29.1. The van der Waals surface area contributed by atoms with E-state index in [0.717, 1.165) is 40.4 Å². The second-order valence-electron chi connectivity index (χ2n) is 5.81. The number of hydrogen-bond acceptors (Lipinski definition) is 3. The number of carbonyl (C=O) groups excluding carboxylic acids is 2. The van der Waals surface area contributed by atoms with Gasteiger partial charge < -0.3 is 4.57 Å². The second-order valence-corrected chi connectivity index (χ2v) is 6.83. The zero-order chi connectivity index (χ0) is 18.3. The van der Waals surface area contributed by atoms with Gasteiger partial charge in [-0.25, -0.2) is 8.78 Å². The Balaban J connectivity index is 1.74. The number of thioether (sulfide) groups is 1. The van der Waals surface area contributed by atoms with Crippen LogP contribution in [0.25, 0.3) is 17.0 Å². The number of fused-ring (bicyclic) bond motifs is 1. The van der Waals surface area contributed by atoms with E-state index in [1.165, 1.54) is 6.07 Å². The predicted molar refractivity (Wildman–Crippen MR) is 96.5 cm³/mol. The van der Waals surface area contributed by atoms with Gasteiger partial charge in [-0.05, 0) is 53.7 Å². The summed E-state index contributed by atoms with van der Waals surface area (Å²) in [7, 11) is 0. The first kappa shape index (κ1) is 16.5. The molecule has 3 aromatic rings. The predicted octanol–water partition coefficient (Wildman–Crippen LogP) is 4.29. The van der Waals surface area contributed by atoms with Crippen LogP contribution >= 0.6 is 11.8 Å². The lowest BCUT2D eigenvalue weighted by atomic mass is 10.1. The van der Waals surface area contributed by atoms with Crippen LogP contribution in [0.5, 0.6) is 0 Å². The molecule has 0 saturated carbocycles. The Morgan fingerprint density at radius 2 is 1.96 bits per heavy atom. The third kappa shape index (κ3) is 3.01. The molecule has 26 heavy (non-hydrogen) atoms. The van der Waals surface area contributed by atoms with Crippen molar-refractivity contribution in [2.75, 3.05) is 0 Å². The molecule has 1 N–H and O–H groups in total. The summed E-state index contributed by atoms with van der Waals surface area (Å²) in [5.74, 6) is -1.38. The molecule has 0 aliphatic carbocycles. The van der Waals surface area contributed by atoms with Crippen molar-refractivity contribution in [1.82, 2.24) is 9.88 Å². The SMILES string of the molecule is O=C1NC(=O)/C(=C/c2cccc3c2ccn3Cc2cc(F)ccc2F)S1. The van der Waals surface area contributed by atoms with Crippen LogP contribution in [0.4, 0.5) is 13.6 Å². The maximum absolute atomic E-state index is 13.9. The minimum absolute atomic E-state index is 0.181. The summed E-state index contributed by atoms with van der Waals surface area (Å²) >= 11 is 0.854. The molecule has 4 nitrogen and oxygen atoms in total. The van der Waals surface area contributed by atoms with Crippen molar-refractivity contribution in [2.45, 2.75) is 6.54 Å². The number of aromatic nitrogens is 1. The molecule has 1 saturated heterocycles. The van der Waals surface area contributed by atoms with Gasteiger partial charge in [-0.3, -0.25) is 14.9 Å². The first-order chi connectivity index (χ1) is 12.5. The van der Waals surface area contributed by atoms with Gasteiger partial charge in [0, 0.05) is 22.7 Å². The molecule has 1 aliphatic rings. The highest BCUT2D eigenvalue weighted by molar-refractivity contribution is 8.18. The van der Waals surface area contributed by atoms with Gasteiger partial charge in [-0.15, -0.1) is 0 Å². The van der Waals surface area contributed by atoms with E-state index in [9.17, 15) is 18.4 Å². The zero-order valence-electron chi connectivity index (χ0n) is 13.3. The number of benzene rings is 2. The number of halogens is 2. The molecule has 2 heterocycles. The number of nitrogens with one attached hydrogen (secondary N) is 1. The number of amides is 2. The minimum atomic E-state index is -0.489. The summed E-state index contributed by atoms with van der Waals surface area (Å²) in [6, 6.07) is 10.7. The topological polar surface area (TPSA) is 51.1 Å². The molecule has 7 heteroatoms. The highest BCUT2D eigenvalue weighted by atomic mass is 32.2. The van der Waals surface area contributed by atoms with Crippen LogP contribution in [-0.4, -0.2) is 15.7 Å². The first-order valence-corrected chi connectivity index (χ1v) is 8.59. The highest BCUT2D eigenvalue weighted by Crippen LogP contribution is 2.29. The van der Waals surface area contributed by atoms with E-state index in [-0.39, 0.29) is 12.1 Å². The Kier molecular flexibility index (Phi) is 4.08. The summed E-state index contributed by atoms with van der Waals surface area (Å²) in [6.45, 7) is 0.181. The van der Waals surface area contributed by atoms with E-state index in [4.69, 9.17) is 0 Å². The molecule has 1 aromatic heterocycles. The van der Waals surface area contributed by atoms with Gasteiger partial charge in [0.2, 0.25) is 0 Å². The molecule has 0 atom stereocenters. The van der Waals surface area contributed by atoms with Gasteiger partial charge in [0.25, 0.3) is 11.1 Å². The molecule has 2 aromatic carbocycles. The number of nitrogens with zero attached hydrogens (tertiary/aromatic N) is 1. The standard InChI is InChI=1S/C19H12F2N2O2S/c20-13-4-5-15(21)12(8-13)10-23-7-6-14-11(2-1-3-16(14)23)9-17-18(24)22-19(25)26-17/h1-9H,10H2,(H,22,24,25)/b17-9-. The van der Waals surface area contributed by atoms with Gasteiger partial charge in [0.15, 0.2) is 0 Å². The van der Waals surface area contributed by atoms with Crippen molar-refractivity contribution < 1.29 is 18.4 Å². The molecule has 1 aliphatic heterocycles. The fourth-order valence-corrected chi connectivity index (χ4v) is 3.59. The van der Waals surface area contributed by atoms with Gasteiger partial charge in [0.1, 0.15) is 11.6 Å². The Labute approximate surface area is 151 Å². The Hall–Kier alpha value is -2.93. The van der Waals surface area contributed by atoms with Crippen LogP contribution in [-0.2, 0) is 11.3 Å². The van der Waals surface area contributed by atoms with Crippen molar-refractivity contribution >= 4 is 39.9 Å². The van der Waals surface area contributed by atoms with Gasteiger partial charge in [-0.1, -0.05) is 12.1 Å². The lowest BCUT2D eigenvalue weighted by molar-refractivity contribution is -0.115.